The highest BCUT2D eigenvalue weighted by atomic mass is 16.5. The van der Waals surface area contributed by atoms with E-state index in [2.05, 4.69) is 10.5 Å². The number of hydrogen-bond donors (Lipinski definition) is 1. The summed E-state index contributed by atoms with van der Waals surface area (Å²) < 4.78 is 10.3. The Morgan fingerprint density at radius 3 is 2.71 bits per heavy atom. The van der Waals surface area contributed by atoms with Crippen LogP contribution in [-0.2, 0) is 6.42 Å². The lowest BCUT2D eigenvalue weighted by molar-refractivity contribution is 0.0953. The first-order chi connectivity index (χ1) is 10.1. The Bertz CT molecular complexity index is 547. The number of aromatic nitrogens is 1. The summed E-state index contributed by atoms with van der Waals surface area (Å²) in [4.78, 5) is 12.0. The lowest BCUT2D eigenvalue weighted by atomic mass is 10.2. The van der Waals surface area contributed by atoms with Gasteiger partial charge in [0.1, 0.15) is 12.0 Å². The van der Waals surface area contributed by atoms with Gasteiger partial charge in [-0.25, -0.2) is 0 Å². The average Bonchev–Trinajstić information content (AvgIpc) is 2.97. The standard InChI is InChI=1S/C16H20N2O3/c1-12(2)21-15-7-5-14(6-8-15)16(19)17-9-3-4-13-10-18-20-11-13/h5-8,10-12H,3-4,9H2,1-2H3,(H,17,19). The van der Waals surface area contributed by atoms with Crippen LogP contribution in [0.1, 0.15) is 36.2 Å². The maximum atomic E-state index is 12.0. The molecular formula is C16H20N2O3. The van der Waals surface area contributed by atoms with E-state index in [1.165, 1.54) is 0 Å². The Morgan fingerprint density at radius 1 is 1.33 bits per heavy atom. The molecule has 112 valence electrons. The fraction of sp³-hybridized carbons (Fsp3) is 0.375. The lowest BCUT2D eigenvalue weighted by Crippen LogP contribution is -2.24. The molecule has 5 heteroatoms. The molecule has 2 rings (SSSR count). The number of hydrogen-bond acceptors (Lipinski definition) is 4. The van der Waals surface area contributed by atoms with Crippen molar-refractivity contribution in [1.82, 2.24) is 10.5 Å². The molecule has 1 heterocycles. The van der Waals surface area contributed by atoms with Crippen LogP contribution in [0.3, 0.4) is 0 Å². The van der Waals surface area contributed by atoms with Crippen LogP contribution in [0.5, 0.6) is 5.75 Å². The quantitative estimate of drug-likeness (QED) is 0.796. The third kappa shape index (κ3) is 4.95. The van der Waals surface area contributed by atoms with E-state index in [-0.39, 0.29) is 12.0 Å². The molecule has 0 bridgehead atoms. The molecule has 0 saturated heterocycles. The van der Waals surface area contributed by atoms with E-state index in [0.717, 1.165) is 24.2 Å². The Kier molecular flexibility index (Phi) is 5.37. The van der Waals surface area contributed by atoms with E-state index >= 15 is 0 Å². The Hall–Kier alpha value is -2.30. The Morgan fingerprint density at radius 2 is 2.10 bits per heavy atom. The number of nitrogens with zero attached hydrogens (tertiary/aromatic N) is 1. The summed E-state index contributed by atoms with van der Waals surface area (Å²) in [5.74, 6) is 0.699. The molecule has 0 saturated carbocycles. The van der Waals surface area contributed by atoms with Crippen LogP contribution >= 0.6 is 0 Å². The number of benzene rings is 1. The predicted molar refractivity (Wildman–Crippen MR) is 79.4 cm³/mol. The van der Waals surface area contributed by atoms with Crippen molar-refractivity contribution in [2.45, 2.75) is 32.8 Å². The minimum atomic E-state index is -0.0728. The zero-order valence-electron chi connectivity index (χ0n) is 12.3. The highest BCUT2D eigenvalue weighted by molar-refractivity contribution is 5.94. The molecule has 0 radical (unpaired) electrons. The SMILES string of the molecule is CC(C)Oc1ccc(C(=O)NCCCc2cnoc2)cc1. The number of carbonyl (C=O) groups excluding carboxylic acids is 1. The molecule has 2 aromatic rings. The molecule has 1 aromatic heterocycles. The van der Waals surface area contributed by atoms with Crippen molar-refractivity contribution in [3.63, 3.8) is 0 Å². The zero-order valence-corrected chi connectivity index (χ0v) is 12.3. The van der Waals surface area contributed by atoms with Gasteiger partial charge in [-0.05, 0) is 51.0 Å². The van der Waals surface area contributed by atoms with E-state index < -0.39 is 0 Å². The highest BCUT2D eigenvalue weighted by Gasteiger charge is 2.06. The molecule has 0 spiro atoms. The van der Waals surface area contributed by atoms with Crippen LogP contribution in [0.2, 0.25) is 0 Å². The Balaban J connectivity index is 1.75. The molecule has 0 aliphatic rings. The minimum Gasteiger partial charge on any atom is -0.491 e. The summed E-state index contributed by atoms with van der Waals surface area (Å²) in [6.07, 6.45) is 5.12. The summed E-state index contributed by atoms with van der Waals surface area (Å²) in [7, 11) is 0. The highest BCUT2D eigenvalue weighted by Crippen LogP contribution is 2.13. The second-order valence-electron chi connectivity index (χ2n) is 5.08. The zero-order chi connectivity index (χ0) is 15.1. The summed E-state index contributed by atoms with van der Waals surface area (Å²) >= 11 is 0. The van der Waals surface area contributed by atoms with Crippen LogP contribution in [0.15, 0.2) is 41.2 Å². The van der Waals surface area contributed by atoms with Crippen molar-refractivity contribution in [1.29, 1.82) is 0 Å². The molecule has 1 amide bonds. The van der Waals surface area contributed by atoms with Crippen molar-refractivity contribution < 1.29 is 14.1 Å². The van der Waals surface area contributed by atoms with Crippen molar-refractivity contribution in [2.24, 2.45) is 0 Å². The first-order valence-corrected chi connectivity index (χ1v) is 7.08. The molecule has 0 fully saturated rings. The van der Waals surface area contributed by atoms with E-state index in [1.54, 1.807) is 24.6 Å². The maximum absolute atomic E-state index is 12.0. The van der Waals surface area contributed by atoms with Gasteiger partial charge in [0, 0.05) is 17.7 Å². The smallest absolute Gasteiger partial charge is 0.251 e. The number of aryl methyl sites for hydroxylation is 1. The summed E-state index contributed by atoms with van der Waals surface area (Å²) in [5.41, 5.74) is 1.68. The van der Waals surface area contributed by atoms with E-state index in [4.69, 9.17) is 9.26 Å². The van der Waals surface area contributed by atoms with E-state index in [9.17, 15) is 4.79 Å². The van der Waals surface area contributed by atoms with Gasteiger partial charge in [0.25, 0.3) is 5.91 Å². The van der Waals surface area contributed by atoms with Gasteiger partial charge in [-0.3, -0.25) is 4.79 Å². The fourth-order valence-corrected chi connectivity index (χ4v) is 1.90. The largest absolute Gasteiger partial charge is 0.491 e. The van der Waals surface area contributed by atoms with Gasteiger partial charge >= 0.3 is 0 Å². The molecule has 21 heavy (non-hydrogen) atoms. The van der Waals surface area contributed by atoms with Crippen LogP contribution in [0.25, 0.3) is 0 Å². The maximum Gasteiger partial charge on any atom is 0.251 e. The van der Waals surface area contributed by atoms with Gasteiger partial charge in [0.2, 0.25) is 0 Å². The minimum absolute atomic E-state index is 0.0728. The van der Waals surface area contributed by atoms with Crippen LogP contribution in [0, 0.1) is 0 Å². The summed E-state index contributed by atoms with van der Waals surface area (Å²) in [6.45, 7) is 4.56. The molecule has 5 nitrogen and oxygen atoms in total. The molecule has 0 aliphatic carbocycles. The number of carbonyl (C=O) groups is 1. The van der Waals surface area contributed by atoms with Gasteiger partial charge in [0.15, 0.2) is 0 Å². The topological polar surface area (TPSA) is 64.4 Å². The van der Waals surface area contributed by atoms with Crippen LogP contribution < -0.4 is 10.1 Å². The monoisotopic (exact) mass is 288 g/mol. The summed E-state index contributed by atoms with van der Waals surface area (Å²) in [5, 5.41) is 6.53. The van der Waals surface area contributed by atoms with Gasteiger partial charge in [-0.2, -0.15) is 0 Å². The van der Waals surface area contributed by atoms with Crippen molar-refractivity contribution in [2.75, 3.05) is 6.54 Å². The summed E-state index contributed by atoms with van der Waals surface area (Å²) in [6, 6.07) is 7.16. The van der Waals surface area contributed by atoms with Crippen molar-refractivity contribution in [3.05, 3.63) is 47.9 Å². The first-order valence-electron chi connectivity index (χ1n) is 7.08. The van der Waals surface area contributed by atoms with Gasteiger partial charge in [0.05, 0.1) is 12.3 Å². The Labute approximate surface area is 124 Å². The number of ether oxygens (including phenoxy) is 1. The van der Waals surface area contributed by atoms with E-state index in [0.29, 0.717) is 12.1 Å². The average molecular weight is 288 g/mol. The fourth-order valence-electron chi connectivity index (χ4n) is 1.90. The van der Waals surface area contributed by atoms with Crippen molar-refractivity contribution >= 4 is 5.91 Å². The van der Waals surface area contributed by atoms with Crippen molar-refractivity contribution in [3.8, 4) is 5.75 Å². The molecule has 0 atom stereocenters. The molecule has 0 unspecified atom stereocenters. The lowest BCUT2D eigenvalue weighted by Gasteiger charge is -2.10. The normalized spacial score (nSPS) is 10.6. The van der Waals surface area contributed by atoms with Crippen LogP contribution in [-0.4, -0.2) is 23.7 Å². The number of amides is 1. The third-order valence-electron chi connectivity index (χ3n) is 2.90. The van der Waals surface area contributed by atoms with Gasteiger partial charge < -0.3 is 14.6 Å². The van der Waals surface area contributed by atoms with Gasteiger partial charge in [-0.15, -0.1) is 0 Å². The number of rotatable bonds is 7. The molecular weight excluding hydrogens is 268 g/mol. The molecule has 0 aliphatic heterocycles. The molecule has 1 aromatic carbocycles. The predicted octanol–water partition coefficient (Wildman–Crippen LogP) is 2.82. The number of nitrogens with one attached hydrogen (secondary N) is 1. The first kappa shape index (κ1) is 15.1. The second-order valence-corrected chi connectivity index (χ2v) is 5.08. The van der Waals surface area contributed by atoms with Gasteiger partial charge in [-0.1, -0.05) is 5.16 Å². The molecule has 1 N–H and O–H groups in total. The third-order valence-corrected chi connectivity index (χ3v) is 2.90. The van der Waals surface area contributed by atoms with Crippen LogP contribution in [0.4, 0.5) is 0 Å². The second kappa shape index (κ2) is 7.47. The van der Waals surface area contributed by atoms with E-state index in [1.807, 2.05) is 26.0 Å².